The maximum Gasteiger partial charge on any atom is 0.246 e. The summed E-state index contributed by atoms with van der Waals surface area (Å²) in [5.41, 5.74) is -0.775. The molecule has 2 saturated heterocycles. The van der Waals surface area contributed by atoms with Gasteiger partial charge >= 0.3 is 0 Å². The standard InChI is InChI=1S/C39H62N6O7/c1-22(2)17-28-33(47)41-29(18-23(3)4)35(49)44-39(9,21-25(7)8)38(52)43-31(19-24(5)6)37(51)45-16-10-11-32(45)36(50)42-30(34(48)40-28)20-26-12-14-27(46)15-13-26/h12-15,22-25,28-32,46H,10-11,16-21H2,1-9H3,(H,40,48)(H,41,47)(H,42,50)(H,43,52)(H,44,49)/t28-,29+,30-,31-,32-,39-/m0/s1. The number of aromatic hydroxyl groups is 1. The number of amides is 6. The summed E-state index contributed by atoms with van der Waals surface area (Å²) in [6.07, 6.45) is 2.05. The molecule has 6 atom stereocenters. The summed E-state index contributed by atoms with van der Waals surface area (Å²) < 4.78 is 0. The van der Waals surface area contributed by atoms with E-state index in [4.69, 9.17) is 0 Å². The van der Waals surface area contributed by atoms with E-state index in [9.17, 15) is 33.9 Å². The smallest absolute Gasteiger partial charge is 0.246 e. The molecule has 2 aliphatic heterocycles. The Hall–Kier alpha value is -4.16. The molecule has 13 nitrogen and oxygen atoms in total. The Balaban J connectivity index is 2.14. The lowest BCUT2D eigenvalue weighted by molar-refractivity contribution is -0.144. The van der Waals surface area contributed by atoms with E-state index in [1.807, 2.05) is 55.4 Å². The van der Waals surface area contributed by atoms with Crippen molar-refractivity contribution in [2.24, 2.45) is 23.7 Å². The van der Waals surface area contributed by atoms with Crippen LogP contribution in [0.15, 0.2) is 24.3 Å². The van der Waals surface area contributed by atoms with Crippen molar-refractivity contribution in [2.45, 2.75) is 143 Å². The van der Waals surface area contributed by atoms with Gasteiger partial charge in [-0.2, -0.15) is 0 Å². The van der Waals surface area contributed by atoms with Crippen molar-refractivity contribution in [1.29, 1.82) is 0 Å². The number of carbonyl (C=O) groups excluding carboxylic acids is 6. The van der Waals surface area contributed by atoms with Crippen LogP contribution in [0.4, 0.5) is 0 Å². The fourth-order valence-corrected chi connectivity index (χ4v) is 7.19. The lowest BCUT2D eigenvalue weighted by Gasteiger charge is -2.36. The van der Waals surface area contributed by atoms with Crippen LogP contribution in [-0.2, 0) is 35.2 Å². The fourth-order valence-electron chi connectivity index (χ4n) is 7.19. The van der Waals surface area contributed by atoms with Crippen molar-refractivity contribution in [3.63, 3.8) is 0 Å². The Bertz CT molecular complexity index is 1430. The molecule has 6 N–H and O–H groups in total. The Morgan fingerprint density at radius 3 is 1.71 bits per heavy atom. The van der Waals surface area contributed by atoms with Gasteiger partial charge in [0.15, 0.2) is 0 Å². The molecule has 2 heterocycles. The topological polar surface area (TPSA) is 186 Å². The minimum absolute atomic E-state index is 0.00994. The summed E-state index contributed by atoms with van der Waals surface area (Å²) >= 11 is 0. The molecule has 52 heavy (non-hydrogen) atoms. The van der Waals surface area contributed by atoms with Crippen LogP contribution in [0.2, 0.25) is 0 Å². The van der Waals surface area contributed by atoms with E-state index in [1.165, 1.54) is 17.0 Å². The molecular formula is C39H62N6O7. The molecule has 290 valence electrons. The number of nitrogens with one attached hydrogen (secondary N) is 5. The molecule has 0 spiro atoms. The number of phenols is 1. The van der Waals surface area contributed by atoms with E-state index in [-0.39, 0.29) is 55.1 Å². The highest BCUT2D eigenvalue weighted by molar-refractivity contribution is 5.99. The minimum Gasteiger partial charge on any atom is -0.508 e. The van der Waals surface area contributed by atoms with Crippen LogP contribution < -0.4 is 26.6 Å². The first-order valence-electron chi connectivity index (χ1n) is 18.9. The zero-order chi connectivity index (χ0) is 38.9. The number of rotatable bonds is 10. The molecule has 3 rings (SSSR count). The van der Waals surface area contributed by atoms with Crippen molar-refractivity contribution in [3.05, 3.63) is 29.8 Å². The number of nitrogens with zero attached hydrogens (tertiary/aromatic N) is 1. The number of phenolic OH excluding ortho intramolecular Hbond substituents is 1. The summed E-state index contributed by atoms with van der Waals surface area (Å²) in [7, 11) is 0. The Morgan fingerprint density at radius 2 is 1.17 bits per heavy atom. The van der Waals surface area contributed by atoms with Gasteiger partial charge in [-0.05, 0) is 86.8 Å². The van der Waals surface area contributed by atoms with E-state index in [1.54, 1.807) is 19.1 Å². The van der Waals surface area contributed by atoms with Crippen LogP contribution in [0.3, 0.4) is 0 Å². The number of carbonyl (C=O) groups is 6. The molecule has 1 aromatic carbocycles. The van der Waals surface area contributed by atoms with Crippen LogP contribution in [0.5, 0.6) is 5.75 Å². The molecule has 0 unspecified atom stereocenters. The maximum atomic E-state index is 14.3. The van der Waals surface area contributed by atoms with Gasteiger partial charge in [0.2, 0.25) is 35.4 Å². The van der Waals surface area contributed by atoms with E-state index in [2.05, 4.69) is 26.6 Å². The SMILES string of the molecule is CC(C)C[C@@H]1NC(=O)[C@H](Cc2ccc(O)cc2)NC(=O)[C@@H]2CCCN2C(=O)[C@H](CC(C)C)NC(=O)[C@](C)(CC(C)C)NC(=O)[C@@H](CC(C)C)NC1=O. The summed E-state index contributed by atoms with van der Waals surface area (Å²) in [4.78, 5) is 86.1. The van der Waals surface area contributed by atoms with Crippen molar-refractivity contribution in [3.8, 4) is 5.75 Å². The Morgan fingerprint density at radius 1 is 0.673 bits per heavy atom. The number of benzene rings is 1. The lowest BCUT2D eigenvalue weighted by atomic mass is 9.88. The molecule has 0 saturated carbocycles. The highest BCUT2D eigenvalue weighted by atomic mass is 16.3. The molecule has 0 bridgehead atoms. The molecule has 2 fully saturated rings. The largest absolute Gasteiger partial charge is 0.508 e. The lowest BCUT2D eigenvalue weighted by Crippen LogP contribution is -2.65. The third-order valence-corrected chi connectivity index (χ3v) is 9.56. The zero-order valence-corrected chi connectivity index (χ0v) is 32.5. The number of hydrogen-bond acceptors (Lipinski definition) is 7. The summed E-state index contributed by atoms with van der Waals surface area (Å²) in [5.74, 6) is -3.13. The van der Waals surface area contributed by atoms with E-state index in [0.717, 1.165) is 0 Å². The van der Waals surface area contributed by atoms with Crippen molar-refractivity contribution in [1.82, 2.24) is 31.5 Å². The molecule has 2 aliphatic rings. The van der Waals surface area contributed by atoms with Gasteiger partial charge in [-0.1, -0.05) is 67.5 Å². The van der Waals surface area contributed by atoms with Crippen LogP contribution in [0.1, 0.15) is 106 Å². The predicted octanol–water partition coefficient (Wildman–Crippen LogP) is 2.94. The third-order valence-electron chi connectivity index (χ3n) is 9.56. The van der Waals surface area contributed by atoms with Crippen LogP contribution in [-0.4, -0.2) is 87.7 Å². The Labute approximate surface area is 309 Å². The van der Waals surface area contributed by atoms with Gasteiger partial charge in [0.05, 0.1) is 0 Å². The molecule has 1 aromatic rings. The summed E-state index contributed by atoms with van der Waals surface area (Å²) in [6, 6.07) is 1.20. The summed E-state index contributed by atoms with van der Waals surface area (Å²) in [5, 5.41) is 24.3. The van der Waals surface area contributed by atoms with Gasteiger partial charge < -0.3 is 36.6 Å². The monoisotopic (exact) mass is 726 g/mol. The average molecular weight is 727 g/mol. The second-order valence-electron chi connectivity index (χ2n) is 16.6. The molecule has 6 amide bonds. The highest BCUT2D eigenvalue weighted by Crippen LogP contribution is 2.24. The third kappa shape index (κ3) is 11.9. The van der Waals surface area contributed by atoms with E-state index >= 15 is 0 Å². The molecular weight excluding hydrogens is 664 g/mol. The van der Waals surface area contributed by atoms with Crippen molar-refractivity contribution < 1.29 is 33.9 Å². The molecule has 13 heteroatoms. The summed E-state index contributed by atoms with van der Waals surface area (Å²) in [6.45, 7) is 17.3. The normalized spacial score (nSPS) is 27.2. The van der Waals surface area contributed by atoms with Gasteiger partial charge in [-0.15, -0.1) is 0 Å². The quantitative estimate of drug-likeness (QED) is 0.214. The maximum absolute atomic E-state index is 14.3. The van der Waals surface area contributed by atoms with Crippen LogP contribution in [0, 0.1) is 23.7 Å². The van der Waals surface area contributed by atoms with Gasteiger partial charge in [0, 0.05) is 13.0 Å². The van der Waals surface area contributed by atoms with Crippen molar-refractivity contribution >= 4 is 35.4 Å². The Kier molecular flexibility index (Phi) is 15.1. The second-order valence-corrected chi connectivity index (χ2v) is 16.6. The first-order valence-corrected chi connectivity index (χ1v) is 18.9. The number of hydrogen-bond donors (Lipinski definition) is 6. The van der Waals surface area contributed by atoms with Gasteiger partial charge in [-0.3, -0.25) is 28.8 Å². The van der Waals surface area contributed by atoms with Crippen LogP contribution in [0.25, 0.3) is 0 Å². The molecule has 0 radical (unpaired) electrons. The van der Waals surface area contributed by atoms with Gasteiger partial charge in [0.1, 0.15) is 41.5 Å². The molecule has 0 aromatic heterocycles. The minimum atomic E-state index is -1.43. The molecule has 0 aliphatic carbocycles. The highest BCUT2D eigenvalue weighted by Gasteiger charge is 2.43. The second kappa shape index (κ2) is 18.6. The average Bonchev–Trinajstić information content (AvgIpc) is 3.53. The fraction of sp³-hybridized carbons (Fsp3) is 0.692. The van der Waals surface area contributed by atoms with Gasteiger partial charge in [-0.25, -0.2) is 0 Å². The van der Waals surface area contributed by atoms with Crippen molar-refractivity contribution in [2.75, 3.05) is 6.54 Å². The van der Waals surface area contributed by atoms with E-state index < -0.39 is 71.2 Å². The zero-order valence-electron chi connectivity index (χ0n) is 32.5. The predicted molar refractivity (Wildman–Crippen MR) is 199 cm³/mol. The van der Waals surface area contributed by atoms with Crippen LogP contribution >= 0.6 is 0 Å². The van der Waals surface area contributed by atoms with Gasteiger partial charge in [0.25, 0.3) is 0 Å². The number of fused-ring (bicyclic) bond motifs is 1. The van der Waals surface area contributed by atoms with E-state index in [0.29, 0.717) is 31.4 Å². The first kappa shape index (κ1) is 42.3. The first-order chi connectivity index (χ1) is 24.3.